The molecule has 0 radical (unpaired) electrons. The fraction of sp³-hybridized carbons (Fsp3) is 0. The van der Waals surface area contributed by atoms with Gasteiger partial charge in [-0.2, -0.15) is 0 Å². The van der Waals surface area contributed by atoms with Gasteiger partial charge in [-0.15, -0.1) is 0 Å². The van der Waals surface area contributed by atoms with Crippen LogP contribution in [0.1, 0.15) is 10.6 Å². The van der Waals surface area contributed by atoms with Crippen LogP contribution < -0.4 is 0 Å². The lowest BCUT2D eigenvalue weighted by molar-refractivity contribution is 0.108. The van der Waals surface area contributed by atoms with E-state index in [4.69, 9.17) is 0 Å². The molecule has 13 heavy (non-hydrogen) atoms. The molecule has 0 aliphatic rings. The molecule has 0 saturated heterocycles. The smallest absolute Gasteiger partial charge is 0.253 e. The highest BCUT2D eigenvalue weighted by molar-refractivity contribution is 7.97. The van der Waals surface area contributed by atoms with E-state index < -0.39 is 5.12 Å². The second-order valence-corrected chi connectivity index (χ2v) is 2.67. The average Bonchev–Trinajstić information content (AvgIpc) is 2.17. The number of thiol groups is 1. The maximum absolute atomic E-state index is 10.8. The molecule has 5 nitrogen and oxygen atoms in total. The fourth-order valence-electron chi connectivity index (χ4n) is 0.873. The van der Waals surface area contributed by atoms with E-state index in [9.17, 15) is 4.79 Å². The van der Waals surface area contributed by atoms with Crippen molar-refractivity contribution in [2.24, 2.45) is 0 Å². The molecule has 0 atom stereocenters. The molecule has 0 saturated carbocycles. The van der Waals surface area contributed by atoms with Gasteiger partial charge in [0.2, 0.25) is 5.82 Å². The van der Waals surface area contributed by atoms with Crippen molar-refractivity contribution in [3.05, 3.63) is 24.4 Å². The second kappa shape index (κ2) is 3.06. The zero-order valence-corrected chi connectivity index (χ0v) is 7.27. The minimum atomic E-state index is -0.479. The number of carbonyl (C=O) groups excluding carboxylic acids is 1. The van der Waals surface area contributed by atoms with Crippen molar-refractivity contribution in [1.82, 2.24) is 19.9 Å². The Morgan fingerprint density at radius 2 is 2.00 bits per heavy atom. The van der Waals surface area contributed by atoms with Crippen LogP contribution in [0.15, 0.2) is 18.6 Å². The van der Waals surface area contributed by atoms with Crippen LogP contribution in [0, 0.1) is 0 Å². The van der Waals surface area contributed by atoms with Gasteiger partial charge >= 0.3 is 0 Å². The molecule has 0 N–H and O–H groups in total. The molecule has 64 valence electrons. The van der Waals surface area contributed by atoms with Crippen LogP contribution in [0.2, 0.25) is 0 Å². The van der Waals surface area contributed by atoms with Crippen molar-refractivity contribution in [3.8, 4) is 0 Å². The monoisotopic (exact) mass is 192 g/mol. The molecule has 0 aliphatic carbocycles. The fourth-order valence-corrected chi connectivity index (χ4v) is 0.981. The van der Waals surface area contributed by atoms with Gasteiger partial charge in [0.25, 0.3) is 5.12 Å². The maximum Gasteiger partial charge on any atom is 0.253 e. The predicted octanol–water partition coefficient (Wildman–Crippen LogP) is 0.490. The molecule has 0 fully saturated rings. The first-order chi connectivity index (χ1) is 6.27. The highest BCUT2D eigenvalue weighted by Crippen LogP contribution is 2.04. The van der Waals surface area contributed by atoms with Crippen LogP contribution in [0.25, 0.3) is 11.2 Å². The van der Waals surface area contributed by atoms with Crippen molar-refractivity contribution in [3.63, 3.8) is 0 Å². The van der Waals surface area contributed by atoms with Gasteiger partial charge in [-0.3, -0.25) is 4.79 Å². The van der Waals surface area contributed by atoms with Gasteiger partial charge in [-0.25, -0.2) is 19.9 Å². The molecule has 6 heteroatoms. The molecule has 2 aromatic rings. The summed E-state index contributed by atoms with van der Waals surface area (Å²) in [7, 11) is 0. The average molecular weight is 192 g/mol. The number of hydrogen-bond donors (Lipinski definition) is 1. The topological polar surface area (TPSA) is 68.6 Å². The number of fused-ring (bicyclic) bond motifs is 1. The quantitative estimate of drug-likeness (QED) is 0.666. The van der Waals surface area contributed by atoms with Gasteiger partial charge < -0.3 is 0 Å². The summed E-state index contributed by atoms with van der Waals surface area (Å²) in [6.07, 6.45) is 4.48. The Balaban J connectivity index is 2.69. The molecular weight excluding hydrogens is 188 g/mol. The van der Waals surface area contributed by atoms with E-state index in [-0.39, 0.29) is 5.82 Å². The predicted molar refractivity (Wildman–Crippen MR) is 48.4 cm³/mol. The molecule has 2 heterocycles. The lowest BCUT2D eigenvalue weighted by Crippen LogP contribution is -2.00. The summed E-state index contributed by atoms with van der Waals surface area (Å²) in [6.45, 7) is 0. The molecule has 0 bridgehead atoms. The van der Waals surface area contributed by atoms with Crippen LogP contribution in [-0.2, 0) is 0 Å². The Kier molecular flexibility index (Phi) is 1.90. The van der Waals surface area contributed by atoms with Gasteiger partial charge in [0.15, 0.2) is 5.65 Å². The first-order valence-electron chi connectivity index (χ1n) is 3.44. The standard InChI is InChI=1S/C7H4N4OS/c12-7(13)6-10-3-4-5(11-6)9-2-1-8-4/h1-3H,(H,12,13). The summed E-state index contributed by atoms with van der Waals surface area (Å²) >= 11 is 3.60. The highest BCUT2D eigenvalue weighted by Gasteiger charge is 2.05. The molecule has 2 rings (SSSR count). The normalized spacial score (nSPS) is 10.2. The highest BCUT2D eigenvalue weighted by atomic mass is 32.1. The Bertz CT molecular complexity index is 473. The first kappa shape index (κ1) is 8.06. The third kappa shape index (κ3) is 1.48. The van der Waals surface area contributed by atoms with Crippen molar-refractivity contribution in [2.75, 3.05) is 0 Å². The van der Waals surface area contributed by atoms with Crippen LogP contribution in [0.5, 0.6) is 0 Å². The second-order valence-electron chi connectivity index (χ2n) is 2.26. The number of carbonyl (C=O) groups is 1. The zero-order valence-electron chi connectivity index (χ0n) is 6.38. The van der Waals surface area contributed by atoms with E-state index in [1.165, 1.54) is 18.6 Å². The minimum Gasteiger partial charge on any atom is -0.278 e. The summed E-state index contributed by atoms with van der Waals surface area (Å²) < 4.78 is 0. The van der Waals surface area contributed by atoms with Gasteiger partial charge in [0.05, 0.1) is 6.20 Å². The first-order valence-corrected chi connectivity index (χ1v) is 3.89. The van der Waals surface area contributed by atoms with E-state index in [2.05, 4.69) is 32.6 Å². The third-order valence-corrected chi connectivity index (χ3v) is 1.62. The lowest BCUT2D eigenvalue weighted by Gasteiger charge is -1.95. The van der Waals surface area contributed by atoms with E-state index in [0.29, 0.717) is 11.2 Å². The number of hydrogen-bond acceptors (Lipinski definition) is 5. The van der Waals surface area contributed by atoms with Gasteiger partial charge in [0, 0.05) is 12.4 Å². The Hall–Kier alpha value is -1.56. The van der Waals surface area contributed by atoms with Crippen molar-refractivity contribution in [2.45, 2.75) is 0 Å². The number of nitrogens with zero attached hydrogens (tertiary/aromatic N) is 4. The molecule has 0 spiro atoms. The zero-order chi connectivity index (χ0) is 9.26. The lowest BCUT2D eigenvalue weighted by atomic mass is 10.5. The van der Waals surface area contributed by atoms with Crippen LogP contribution >= 0.6 is 12.6 Å². The summed E-state index contributed by atoms with van der Waals surface area (Å²) in [5.41, 5.74) is 0.954. The van der Waals surface area contributed by atoms with E-state index in [1.54, 1.807) is 0 Å². The SMILES string of the molecule is O=C(S)c1ncc2nccnc2n1. The summed E-state index contributed by atoms with van der Waals surface area (Å²) in [4.78, 5) is 26.3. The molecule has 0 unspecified atom stereocenters. The maximum atomic E-state index is 10.8. The summed E-state index contributed by atoms with van der Waals surface area (Å²) in [5.74, 6) is 0.0383. The molecule has 0 aromatic carbocycles. The van der Waals surface area contributed by atoms with E-state index >= 15 is 0 Å². The molecule has 0 aliphatic heterocycles. The summed E-state index contributed by atoms with van der Waals surface area (Å²) in [6, 6.07) is 0. The third-order valence-electron chi connectivity index (χ3n) is 1.42. The van der Waals surface area contributed by atoms with Crippen molar-refractivity contribution in [1.29, 1.82) is 0 Å². The Morgan fingerprint density at radius 3 is 2.77 bits per heavy atom. The molecule has 0 amide bonds. The van der Waals surface area contributed by atoms with Gasteiger partial charge in [-0.05, 0) is 0 Å². The van der Waals surface area contributed by atoms with Gasteiger partial charge in [-0.1, -0.05) is 12.6 Å². The Morgan fingerprint density at radius 1 is 1.23 bits per heavy atom. The van der Waals surface area contributed by atoms with E-state index in [1.807, 2.05) is 0 Å². The molecule has 2 aromatic heterocycles. The summed E-state index contributed by atoms with van der Waals surface area (Å²) in [5, 5.41) is -0.479. The van der Waals surface area contributed by atoms with Crippen LogP contribution in [0.3, 0.4) is 0 Å². The van der Waals surface area contributed by atoms with Crippen molar-refractivity contribution < 1.29 is 4.79 Å². The van der Waals surface area contributed by atoms with Crippen molar-refractivity contribution >= 4 is 28.9 Å². The van der Waals surface area contributed by atoms with E-state index in [0.717, 1.165) is 0 Å². The largest absolute Gasteiger partial charge is 0.278 e. The van der Waals surface area contributed by atoms with Crippen LogP contribution in [-0.4, -0.2) is 25.1 Å². The van der Waals surface area contributed by atoms with Crippen LogP contribution in [0.4, 0.5) is 0 Å². The minimum absolute atomic E-state index is 0.0383. The molecular formula is C7H4N4OS. The number of rotatable bonds is 1. The van der Waals surface area contributed by atoms with Gasteiger partial charge in [0.1, 0.15) is 5.52 Å². The number of aromatic nitrogens is 4. The Labute approximate surface area is 78.7 Å².